The van der Waals surface area contributed by atoms with Gasteiger partial charge in [0.15, 0.2) is 0 Å². The topological polar surface area (TPSA) is 69.7 Å². The number of nitrogens with one attached hydrogen (secondary N) is 1. The lowest BCUT2D eigenvalue weighted by Gasteiger charge is -2.31. The Bertz CT molecular complexity index is 744. The highest BCUT2D eigenvalue weighted by Crippen LogP contribution is 2.25. The standard InChI is InChI=1S/C18H29N3O3S/c1-13-7-6-8-21(12-13)18(22)11-19-17-10-16(9-14(2)15(17)3)25(23,24)20(4)5/h9-10,13,19H,6-8,11-12H2,1-5H3. The monoisotopic (exact) mass is 367 g/mol. The molecule has 0 saturated carbocycles. The largest absolute Gasteiger partial charge is 0.376 e. The van der Waals surface area contributed by atoms with E-state index in [9.17, 15) is 13.2 Å². The molecular formula is C18H29N3O3S. The Morgan fingerprint density at radius 3 is 2.60 bits per heavy atom. The summed E-state index contributed by atoms with van der Waals surface area (Å²) in [6.45, 7) is 7.75. The van der Waals surface area contributed by atoms with E-state index in [1.54, 1.807) is 12.1 Å². The SMILES string of the molecule is Cc1cc(S(=O)(=O)N(C)C)cc(NCC(=O)N2CCCC(C)C2)c1C. The average Bonchev–Trinajstić information content (AvgIpc) is 2.55. The second kappa shape index (κ2) is 7.74. The van der Waals surface area contributed by atoms with E-state index in [1.807, 2.05) is 18.7 Å². The molecule has 0 spiro atoms. The van der Waals surface area contributed by atoms with E-state index >= 15 is 0 Å². The molecule has 1 aromatic carbocycles. The summed E-state index contributed by atoms with van der Waals surface area (Å²) in [6.07, 6.45) is 2.21. The summed E-state index contributed by atoms with van der Waals surface area (Å²) < 4.78 is 26.0. The summed E-state index contributed by atoms with van der Waals surface area (Å²) in [5, 5.41) is 3.14. The summed E-state index contributed by atoms with van der Waals surface area (Å²) in [7, 11) is -0.482. The molecule has 1 aliphatic heterocycles. The Balaban J connectivity index is 2.16. The predicted octanol–water partition coefficient (Wildman–Crippen LogP) is 2.22. The third kappa shape index (κ3) is 4.52. The number of carbonyl (C=O) groups excluding carboxylic acids is 1. The molecule has 25 heavy (non-hydrogen) atoms. The molecule has 0 bridgehead atoms. The first-order valence-corrected chi connectivity index (χ1v) is 10.1. The fourth-order valence-electron chi connectivity index (χ4n) is 3.07. The number of anilines is 1. The first-order chi connectivity index (χ1) is 11.6. The van der Waals surface area contributed by atoms with E-state index in [4.69, 9.17) is 0 Å². The van der Waals surface area contributed by atoms with Crippen molar-refractivity contribution in [3.05, 3.63) is 23.3 Å². The van der Waals surface area contributed by atoms with Crippen LogP contribution in [-0.4, -0.2) is 57.3 Å². The fraction of sp³-hybridized carbons (Fsp3) is 0.611. The smallest absolute Gasteiger partial charge is 0.242 e. The number of amides is 1. The maximum atomic E-state index is 12.4. The molecule has 0 aliphatic carbocycles. The highest BCUT2D eigenvalue weighted by molar-refractivity contribution is 7.89. The number of carbonyl (C=O) groups is 1. The van der Waals surface area contributed by atoms with Crippen LogP contribution in [-0.2, 0) is 14.8 Å². The van der Waals surface area contributed by atoms with Crippen LogP contribution in [0.1, 0.15) is 30.9 Å². The lowest BCUT2D eigenvalue weighted by molar-refractivity contribution is -0.130. The van der Waals surface area contributed by atoms with Crippen molar-refractivity contribution in [3.63, 3.8) is 0 Å². The number of sulfonamides is 1. The molecular weight excluding hydrogens is 338 g/mol. The van der Waals surface area contributed by atoms with Crippen molar-refractivity contribution in [1.29, 1.82) is 0 Å². The number of aryl methyl sites for hydroxylation is 1. The van der Waals surface area contributed by atoms with Crippen LogP contribution in [0.5, 0.6) is 0 Å². The Kier molecular flexibility index (Phi) is 6.11. The van der Waals surface area contributed by atoms with Crippen molar-refractivity contribution in [2.45, 2.75) is 38.5 Å². The maximum Gasteiger partial charge on any atom is 0.242 e. The molecule has 1 unspecified atom stereocenters. The Hall–Kier alpha value is -1.60. The average molecular weight is 368 g/mol. The van der Waals surface area contributed by atoms with Crippen molar-refractivity contribution in [1.82, 2.24) is 9.21 Å². The van der Waals surface area contributed by atoms with Crippen molar-refractivity contribution in [2.24, 2.45) is 5.92 Å². The van der Waals surface area contributed by atoms with E-state index in [-0.39, 0.29) is 17.3 Å². The molecule has 0 radical (unpaired) electrons. The van der Waals surface area contributed by atoms with Gasteiger partial charge in [-0.2, -0.15) is 0 Å². The first kappa shape index (κ1) is 19.7. The van der Waals surface area contributed by atoms with Gasteiger partial charge in [0.25, 0.3) is 0 Å². The van der Waals surface area contributed by atoms with Gasteiger partial charge < -0.3 is 10.2 Å². The van der Waals surface area contributed by atoms with Crippen LogP contribution in [0, 0.1) is 19.8 Å². The lowest BCUT2D eigenvalue weighted by Crippen LogP contribution is -2.42. The van der Waals surface area contributed by atoms with Gasteiger partial charge in [-0.15, -0.1) is 0 Å². The number of hydrogen-bond donors (Lipinski definition) is 1. The Morgan fingerprint density at radius 1 is 1.32 bits per heavy atom. The molecule has 1 amide bonds. The van der Waals surface area contributed by atoms with Gasteiger partial charge in [-0.25, -0.2) is 12.7 Å². The van der Waals surface area contributed by atoms with Gasteiger partial charge in [0, 0.05) is 32.9 Å². The molecule has 140 valence electrons. The third-order valence-electron chi connectivity index (χ3n) is 4.86. The van der Waals surface area contributed by atoms with Crippen LogP contribution in [0.3, 0.4) is 0 Å². The summed E-state index contributed by atoms with van der Waals surface area (Å²) in [6, 6.07) is 3.29. The minimum absolute atomic E-state index is 0.0597. The molecule has 1 aromatic rings. The van der Waals surface area contributed by atoms with E-state index in [1.165, 1.54) is 24.8 Å². The summed E-state index contributed by atoms with van der Waals surface area (Å²) >= 11 is 0. The van der Waals surface area contributed by atoms with Crippen LogP contribution in [0.4, 0.5) is 5.69 Å². The zero-order valence-electron chi connectivity index (χ0n) is 15.8. The zero-order chi connectivity index (χ0) is 18.8. The zero-order valence-corrected chi connectivity index (χ0v) is 16.6. The molecule has 1 atom stereocenters. The Labute approximate surface area is 151 Å². The molecule has 0 aromatic heterocycles. The molecule has 7 heteroatoms. The van der Waals surface area contributed by atoms with Gasteiger partial charge in [-0.1, -0.05) is 6.92 Å². The van der Waals surface area contributed by atoms with Crippen molar-refractivity contribution in [2.75, 3.05) is 39.0 Å². The van der Waals surface area contributed by atoms with Crippen LogP contribution >= 0.6 is 0 Å². The number of likely N-dealkylation sites (tertiary alicyclic amines) is 1. The fourth-order valence-corrected chi connectivity index (χ4v) is 4.08. The summed E-state index contributed by atoms with van der Waals surface area (Å²) in [5.41, 5.74) is 2.53. The number of benzene rings is 1. The first-order valence-electron chi connectivity index (χ1n) is 8.68. The van der Waals surface area contributed by atoms with Crippen LogP contribution < -0.4 is 5.32 Å². The molecule has 1 heterocycles. The summed E-state index contributed by atoms with van der Waals surface area (Å²) in [5.74, 6) is 0.597. The molecule has 1 aliphatic rings. The van der Waals surface area contributed by atoms with E-state index in [0.717, 1.165) is 30.6 Å². The van der Waals surface area contributed by atoms with Crippen molar-refractivity contribution < 1.29 is 13.2 Å². The van der Waals surface area contributed by atoms with Gasteiger partial charge in [0.05, 0.1) is 11.4 Å². The second-order valence-corrected chi connectivity index (χ2v) is 9.29. The molecule has 1 N–H and O–H groups in total. The minimum Gasteiger partial charge on any atom is -0.376 e. The number of hydrogen-bond acceptors (Lipinski definition) is 4. The van der Waals surface area contributed by atoms with Gasteiger partial charge >= 0.3 is 0 Å². The van der Waals surface area contributed by atoms with E-state index in [2.05, 4.69) is 12.2 Å². The normalized spacial score (nSPS) is 18.5. The van der Waals surface area contributed by atoms with Gasteiger partial charge in [-0.3, -0.25) is 4.79 Å². The van der Waals surface area contributed by atoms with Gasteiger partial charge in [0.2, 0.25) is 15.9 Å². The third-order valence-corrected chi connectivity index (χ3v) is 6.65. The van der Waals surface area contributed by atoms with Crippen molar-refractivity contribution in [3.8, 4) is 0 Å². The molecule has 6 nitrogen and oxygen atoms in total. The number of rotatable bonds is 5. The van der Waals surface area contributed by atoms with Crippen LogP contribution in [0.15, 0.2) is 17.0 Å². The molecule has 2 rings (SSSR count). The van der Waals surface area contributed by atoms with E-state index < -0.39 is 10.0 Å². The van der Waals surface area contributed by atoms with Gasteiger partial charge in [0.1, 0.15) is 0 Å². The number of piperidine rings is 1. The van der Waals surface area contributed by atoms with Gasteiger partial charge in [-0.05, 0) is 55.9 Å². The maximum absolute atomic E-state index is 12.4. The van der Waals surface area contributed by atoms with E-state index in [0.29, 0.717) is 11.6 Å². The van der Waals surface area contributed by atoms with Crippen molar-refractivity contribution >= 4 is 21.6 Å². The Morgan fingerprint density at radius 2 is 2.00 bits per heavy atom. The molecule has 1 fully saturated rings. The summed E-state index contributed by atoms with van der Waals surface area (Å²) in [4.78, 5) is 14.6. The lowest BCUT2D eigenvalue weighted by atomic mass is 10.0. The second-order valence-electron chi connectivity index (χ2n) is 7.14. The predicted molar refractivity (Wildman–Crippen MR) is 100 cm³/mol. The minimum atomic E-state index is -3.51. The molecule has 1 saturated heterocycles. The highest BCUT2D eigenvalue weighted by atomic mass is 32.2. The number of nitrogens with zero attached hydrogens (tertiary/aromatic N) is 2. The van der Waals surface area contributed by atoms with Crippen LogP contribution in [0.25, 0.3) is 0 Å². The quantitative estimate of drug-likeness (QED) is 0.866. The highest BCUT2D eigenvalue weighted by Gasteiger charge is 2.22. The van der Waals surface area contributed by atoms with Crippen LogP contribution in [0.2, 0.25) is 0 Å².